The maximum Gasteiger partial charge on any atom is 0.241 e. The molecule has 0 aromatic heterocycles. The molecule has 5 nitrogen and oxygen atoms in total. The lowest BCUT2D eigenvalue weighted by molar-refractivity contribution is 0.107. The zero-order valence-corrected chi connectivity index (χ0v) is 14.5. The largest absolute Gasteiger partial charge is 0.392 e. The van der Waals surface area contributed by atoms with Crippen LogP contribution in [-0.2, 0) is 21.4 Å². The van der Waals surface area contributed by atoms with Crippen molar-refractivity contribution in [3.63, 3.8) is 0 Å². The first-order valence-corrected chi connectivity index (χ1v) is 9.14. The molecule has 0 amide bonds. The zero-order chi connectivity index (χ0) is 15.6. The van der Waals surface area contributed by atoms with Gasteiger partial charge in [-0.2, -0.15) is 0 Å². The Morgan fingerprint density at radius 3 is 2.76 bits per heavy atom. The highest BCUT2D eigenvalue weighted by Crippen LogP contribution is 2.28. The van der Waals surface area contributed by atoms with E-state index in [-0.39, 0.29) is 23.5 Å². The zero-order valence-electron chi connectivity index (χ0n) is 12.1. The van der Waals surface area contributed by atoms with Crippen molar-refractivity contribution < 1.29 is 18.3 Å². The smallest absolute Gasteiger partial charge is 0.241 e. The molecule has 0 saturated carbocycles. The molecule has 1 saturated heterocycles. The maximum atomic E-state index is 12.5. The molecule has 0 radical (unpaired) electrons. The predicted octanol–water partition coefficient (Wildman–Crippen LogP) is 1.95. The monoisotopic (exact) mass is 377 g/mol. The minimum Gasteiger partial charge on any atom is -0.392 e. The average molecular weight is 378 g/mol. The van der Waals surface area contributed by atoms with Crippen LogP contribution in [0.1, 0.15) is 24.5 Å². The number of aliphatic hydroxyl groups excluding tert-OH is 1. The standard InChI is InChI=1S/C14H20BrNO4S/c1-9-5-11(8-17)6-13(14(9)15)21(18,19)16-7-12-3-4-20-10(12)2/h5-6,10,12,16-17H,3-4,7-8H2,1-2H3. The summed E-state index contributed by atoms with van der Waals surface area (Å²) in [7, 11) is -3.62. The van der Waals surface area contributed by atoms with Crippen molar-refractivity contribution >= 4 is 26.0 Å². The van der Waals surface area contributed by atoms with Crippen LogP contribution >= 0.6 is 15.9 Å². The third-order valence-corrected chi connectivity index (χ3v) is 6.58. The van der Waals surface area contributed by atoms with Crippen LogP contribution < -0.4 is 4.72 Å². The van der Waals surface area contributed by atoms with Crippen molar-refractivity contribution in [3.8, 4) is 0 Å². The lowest BCUT2D eigenvalue weighted by atomic mass is 10.0. The first-order chi connectivity index (χ1) is 9.85. The van der Waals surface area contributed by atoms with Crippen LogP contribution in [0.3, 0.4) is 0 Å². The van der Waals surface area contributed by atoms with Crippen molar-refractivity contribution in [1.82, 2.24) is 4.72 Å². The van der Waals surface area contributed by atoms with E-state index < -0.39 is 10.0 Å². The van der Waals surface area contributed by atoms with Crippen molar-refractivity contribution in [2.75, 3.05) is 13.2 Å². The molecule has 1 aliphatic heterocycles. The Bertz CT molecular complexity index is 618. The van der Waals surface area contributed by atoms with Gasteiger partial charge in [0.2, 0.25) is 10.0 Å². The molecule has 0 spiro atoms. The molecule has 21 heavy (non-hydrogen) atoms. The van der Waals surface area contributed by atoms with E-state index in [4.69, 9.17) is 4.74 Å². The van der Waals surface area contributed by atoms with Crippen LogP contribution in [0.4, 0.5) is 0 Å². The molecule has 1 aromatic rings. The Kier molecular flexibility index (Phi) is 5.43. The third kappa shape index (κ3) is 3.84. The first kappa shape index (κ1) is 16.9. The average Bonchev–Trinajstić information content (AvgIpc) is 2.84. The van der Waals surface area contributed by atoms with E-state index in [0.29, 0.717) is 23.2 Å². The molecule has 118 valence electrons. The van der Waals surface area contributed by atoms with Gasteiger partial charge in [0.1, 0.15) is 0 Å². The summed E-state index contributed by atoms with van der Waals surface area (Å²) in [5, 5.41) is 9.23. The molecule has 1 heterocycles. The molecular formula is C14H20BrNO4S. The Balaban J connectivity index is 2.21. The van der Waals surface area contributed by atoms with Gasteiger partial charge in [-0.1, -0.05) is 6.07 Å². The predicted molar refractivity (Wildman–Crippen MR) is 83.5 cm³/mol. The highest BCUT2D eigenvalue weighted by Gasteiger charge is 2.27. The second-order valence-corrected chi connectivity index (χ2v) is 7.89. The number of aliphatic hydroxyl groups is 1. The minimum absolute atomic E-state index is 0.0710. The third-order valence-electron chi connectivity index (χ3n) is 3.82. The van der Waals surface area contributed by atoms with Gasteiger partial charge in [0.05, 0.1) is 17.6 Å². The second kappa shape index (κ2) is 6.75. The molecule has 0 bridgehead atoms. The van der Waals surface area contributed by atoms with Crippen molar-refractivity contribution in [1.29, 1.82) is 0 Å². The lowest BCUT2D eigenvalue weighted by Crippen LogP contribution is -2.32. The first-order valence-electron chi connectivity index (χ1n) is 6.86. The summed E-state index contributed by atoms with van der Waals surface area (Å²) in [5.74, 6) is 0.195. The topological polar surface area (TPSA) is 75.6 Å². The number of halogens is 1. The number of benzene rings is 1. The van der Waals surface area contributed by atoms with Gasteiger partial charge < -0.3 is 9.84 Å². The Labute approximate surface area is 133 Å². The van der Waals surface area contributed by atoms with Gasteiger partial charge in [-0.15, -0.1) is 0 Å². The molecule has 7 heteroatoms. The number of ether oxygens (including phenoxy) is 1. The lowest BCUT2D eigenvalue weighted by Gasteiger charge is -2.16. The number of hydrogen-bond donors (Lipinski definition) is 2. The van der Waals surface area contributed by atoms with Gasteiger partial charge >= 0.3 is 0 Å². The van der Waals surface area contributed by atoms with Gasteiger partial charge in [0.25, 0.3) is 0 Å². The number of hydrogen-bond acceptors (Lipinski definition) is 4. The van der Waals surface area contributed by atoms with Crippen LogP contribution in [0.25, 0.3) is 0 Å². The fourth-order valence-corrected chi connectivity index (χ4v) is 4.60. The number of aryl methyl sites for hydroxylation is 1. The highest BCUT2D eigenvalue weighted by atomic mass is 79.9. The summed E-state index contributed by atoms with van der Waals surface area (Å²) >= 11 is 3.32. The molecule has 2 rings (SSSR count). The van der Waals surface area contributed by atoms with E-state index >= 15 is 0 Å². The van der Waals surface area contributed by atoms with Gasteiger partial charge in [-0.05, 0) is 53.4 Å². The summed E-state index contributed by atoms with van der Waals surface area (Å²) in [6.07, 6.45) is 0.933. The van der Waals surface area contributed by atoms with Crippen LogP contribution in [0.5, 0.6) is 0 Å². The van der Waals surface area contributed by atoms with Crippen molar-refractivity contribution in [2.45, 2.75) is 37.9 Å². The summed E-state index contributed by atoms with van der Waals surface area (Å²) < 4.78 is 33.6. The van der Waals surface area contributed by atoms with Crippen LogP contribution in [0.15, 0.2) is 21.5 Å². The number of rotatable bonds is 5. The summed E-state index contributed by atoms with van der Waals surface area (Å²) in [6, 6.07) is 3.25. The van der Waals surface area contributed by atoms with Crippen molar-refractivity contribution in [2.24, 2.45) is 5.92 Å². The molecule has 1 aliphatic rings. The Morgan fingerprint density at radius 2 is 2.19 bits per heavy atom. The Morgan fingerprint density at radius 1 is 1.48 bits per heavy atom. The van der Waals surface area contributed by atoms with Crippen LogP contribution in [0, 0.1) is 12.8 Å². The SMILES string of the molecule is Cc1cc(CO)cc(S(=O)(=O)NCC2CCOC2C)c1Br. The van der Waals surface area contributed by atoms with Gasteiger partial charge in [0.15, 0.2) is 0 Å². The minimum atomic E-state index is -3.62. The highest BCUT2D eigenvalue weighted by molar-refractivity contribution is 9.10. The molecule has 2 unspecified atom stereocenters. The molecule has 1 fully saturated rings. The summed E-state index contributed by atoms with van der Waals surface area (Å²) in [4.78, 5) is 0.165. The van der Waals surface area contributed by atoms with E-state index in [1.165, 1.54) is 6.07 Å². The second-order valence-electron chi connectivity index (χ2n) is 5.36. The van der Waals surface area contributed by atoms with Gasteiger partial charge in [0, 0.05) is 23.5 Å². The summed E-state index contributed by atoms with van der Waals surface area (Å²) in [5.41, 5.74) is 1.35. The van der Waals surface area contributed by atoms with E-state index in [2.05, 4.69) is 20.7 Å². The van der Waals surface area contributed by atoms with E-state index in [0.717, 1.165) is 12.0 Å². The van der Waals surface area contributed by atoms with E-state index in [1.807, 2.05) is 6.92 Å². The molecular weight excluding hydrogens is 358 g/mol. The molecule has 2 N–H and O–H groups in total. The van der Waals surface area contributed by atoms with E-state index in [1.54, 1.807) is 13.0 Å². The number of nitrogens with one attached hydrogen (secondary N) is 1. The van der Waals surface area contributed by atoms with Gasteiger partial charge in [-0.3, -0.25) is 0 Å². The Hall–Kier alpha value is -0.470. The molecule has 2 atom stereocenters. The number of sulfonamides is 1. The molecule has 1 aromatic carbocycles. The van der Waals surface area contributed by atoms with Crippen LogP contribution in [0.2, 0.25) is 0 Å². The fraction of sp³-hybridized carbons (Fsp3) is 0.571. The van der Waals surface area contributed by atoms with E-state index in [9.17, 15) is 13.5 Å². The fourth-order valence-electron chi connectivity index (χ4n) is 2.43. The molecule has 0 aliphatic carbocycles. The van der Waals surface area contributed by atoms with Crippen molar-refractivity contribution in [3.05, 3.63) is 27.7 Å². The maximum absolute atomic E-state index is 12.5. The summed E-state index contributed by atoms with van der Waals surface area (Å²) in [6.45, 7) is 4.60. The normalized spacial score (nSPS) is 22.7. The van der Waals surface area contributed by atoms with Gasteiger partial charge in [-0.25, -0.2) is 13.1 Å². The quantitative estimate of drug-likeness (QED) is 0.821. The van der Waals surface area contributed by atoms with Crippen LogP contribution in [-0.4, -0.2) is 32.8 Å².